The Morgan fingerprint density at radius 3 is 2.64 bits per heavy atom. The summed E-state index contributed by atoms with van der Waals surface area (Å²) in [5.74, 6) is -0.119. The van der Waals surface area contributed by atoms with E-state index in [-0.39, 0.29) is 11.6 Å². The maximum absolute atomic E-state index is 12.0. The second-order valence-electron chi connectivity index (χ2n) is 4.78. The van der Waals surface area contributed by atoms with E-state index in [2.05, 4.69) is 10.6 Å². The van der Waals surface area contributed by atoms with E-state index in [9.17, 15) is 14.9 Å². The Morgan fingerprint density at radius 1 is 1.27 bits per heavy atom. The van der Waals surface area contributed by atoms with Gasteiger partial charge < -0.3 is 10.6 Å². The fourth-order valence-corrected chi connectivity index (χ4v) is 3.03. The number of benzene rings is 1. The molecule has 0 saturated carbocycles. The average Bonchev–Trinajstić information content (AvgIpc) is 2.82. The number of aryl methyl sites for hydroxylation is 2. The fourth-order valence-electron chi connectivity index (χ4n) is 2.11. The predicted molar refractivity (Wildman–Crippen MR) is 87.7 cm³/mol. The van der Waals surface area contributed by atoms with Crippen LogP contribution >= 0.6 is 11.3 Å². The largest absolute Gasteiger partial charge is 0.378 e. The van der Waals surface area contributed by atoms with E-state index in [4.69, 9.17) is 0 Å². The number of hydrogen-bond donors (Lipinski definition) is 2. The number of nitro benzene ring substituents is 1. The van der Waals surface area contributed by atoms with Crippen LogP contribution < -0.4 is 10.6 Å². The molecule has 2 N–H and O–H groups in total. The molecule has 22 heavy (non-hydrogen) atoms. The van der Waals surface area contributed by atoms with Crippen molar-refractivity contribution in [3.63, 3.8) is 0 Å². The van der Waals surface area contributed by atoms with Gasteiger partial charge in [0.1, 0.15) is 5.69 Å². The molecule has 2 rings (SSSR count). The predicted octanol–water partition coefficient (Wildman–Crippen LogP) is 3.12. The topological polar surface area (TPSA) is 84.3 Å². The number of amides is 1. The Kier molecular flexibility index (Phi) is 5.11. The van der Waals surface area contributed by atoms with Gasteiger partial charge >= 0.3 is 0 Å². The Labute approximate surface area is 132 Å². The Bertz CT molecular complexity index is 697. The molecule has 116 valence electrons. The van der Waals surface area contributed by atoms with Crippen LogP contribution in [0.1, 0.15) is 20.1 Å². The quantitative estimate of drug-likeness (QED) is 0.487. The molecule has 0 unspecified atom stereocenters. The smallest absolute Gasteiger partial charge is 0.292 e. The van der Waals surface area contributed by atoms with Crippen LogP contribution in [-0.2, 0) is 0 Å². The van der Waals surface area contributed by atoms with Gasteiger partial charge in [0, 0.05) is 28.9 Å². The van der Waals surface area contributed by atoms with Gasteiger partial charge in [0.05, 0.1) is 10.5 Å². The molecule has 0 aliphatic heterocycles. The summed E-state index contributed by atoms with van der Waals surface area (Å²) in [7, 11) is 0. The first kappa shape index (κ1) is 16.0. The molecular weight excluding hydrogens is 302 g/mol. The van der Waals surface area contributed by atoms with E-state index >= 15 is 0 Å². The molecule has 0 bridgehead atoms. The first-order valence-corrected chi connectivity index (χ1v) is 7.63. The number of rotatable bonds is 6. The van der Waals surface area contributed by atoms with Crippen molar-refractivity contribution < 1.29 is 9.72 Å². The summed E-state index contributed by atoms with van der Waals surface area (Å²) in [4.78, 5) is 24.6. The summed E-state index contributed by atoms with van der Waals surface area (Å²) in [5, 5.41) is 16.7. The molecule has 0 aliphatic rings. The summed E-state index contributed by atoms with van der Waals surface area (Å²) in [6.07, 6.45) is 0. The molecule has 2 aromatic rings. The zero-order valence-corrected chi connectivity index (χ0v) is 13.2. The highest BCUT2D eigenvalue weighted by Crippen LogP contribution is 2.23. The maximum Gasteiger partial charge on any atom is 0.292 e. The van der Waals surface area contributed by atoms with Crippen molar-refractivity contribution in [2.45, 2.75) is 13.8 Å². The van der Waals surface area contributed by atoms with Gasteiger partial charge in [0.2, 0.25) is 0 Å². The van der Waals surface area contributed by atoms with Gasteiger partial charge in [0.15, 0.2) is 0 Å². The molecule has 1 aromatic heterocycles. The van der Waals surface area contributed by atoms with Crippen LogP contribution in [0.15, 0.2) is 30.3 Å². The number of para-hydroxylation sites is 2. The van der Waals surface area contributed by atoms with E-state index in [1.807, 2.05) is 19.9 Å². The molecule has 6 nitrogen and oxygen atoms in total. The van der Waals surface area contributed by atoms with E-state index < -0.39 is 4.92 Å². The highest BCUT2D eigenvalue weighted by molar-refractivity contribution is 7.12. The third-order valence-corrected chi connectivity index (χ3v) is 4.08. The van der Waals surface area contributed by atoms with Gasteiger partial charge in [-0.2, -0.15) is 0 Å². The van der Waals surface area contributed by atoms with Crippen molar-refractivity contribution in [1.29, 1.82) is 0 Å². The van der Waals surface area contributed by atoms with Gasteiger partial charge in [-0.05, 0) is 26.0 Å². The lowest BCUT2D eigenvalue weighted by atomic mass is 10.2. The van der Waals surface area contributed by atoms with Crippen LogP contribution in [-0.4, -0.2) is 23.9 Å². The number of nitrogens with zero attached hydrogens (tertiary/aromatic N) is 1. The SMILES string of the molecule is Cc1cc(C(=O)NCCNc2ccccc2[N+](=O)[O-])c(C)s1. The number of nitrogens with one attached hydrogen (secondary N) is 2. The van der Waals surface area contributed by atoms with Gasteiger partial charge in [0.25, 0.3) is 11.6 Å². The van der Waals surface area contributed by atoms with Crippen LogP contribution in [0.25, 0.3) is 0 Å². The number of carbonyl (C=O) groups is 1. The maximum atomic E-state index is 12.0. The number of thiophene rings is 1. The molecule has 0 spiro atoms. The first-order valence-electron chi connectivity index (χ1n) is 6.81. The molecule has 1 amide bonds. The van der Waals surface area contributed by atoms with Crippen molar-refractivity contribution in [3.8, 4) is 0 Å². The van der Waals surface area contributed by atoms with Crippen LogP contribution in [0.3, 0.4) is 0 Å². The third-order valence-electron chi connectivity index (χ3n) is 3.11. The van der Waals surface area contributed by atoms with Gasteiger partial charge in [-0.15, -0.1) is 11.3 Å². The van der Waals surface area contributed by atoms with Crippen molar-refractivity contribution in [1.82, 2.24) is 5.32 Å². The first-order chi connectivity index (χ1) is 10.5. The van der Waals surface area contributed by atoms with Gasteiger partial charge in [-0.3, -0.25) is 14.9 Å². The van der Waals surface area contributed by atoms with Gasteiger partial charge in [-0.25, -0.2) is 0 Å². The summed E-state index contributed by atoms with van der Waals surface area (Å²) in [6.45, 7) is 4.68. The number of nitro groups is 1. The normalized spacial score (nSPS) is 10.3. The molecule has 1 aromatic carbocycles. The minimum atomic E-state index is -0.432. The highest BCUT2D eigenvalue weighted by atomic mass is 32.1. The second kappa shape index (κ2) is 7.04. The number of anilines is 1. The standard InChI is InChI=1S/C15H17N3O3S/c1-10-9-12(11(2)22-10)15(19)17-8-7-16-13-5-3-4-6-14(13)18(20)21/h3-6,9,16H,7-8H2,1-2H3,(H,17,19). The van der Waals surface area contributed by atoms with Crippen molar-refractivity contribution >= 4 is 28.6 Å². The molecule has 0 atom stereocenters. The Hall–Kier alpha value is -2.41. The van der Waals surface area contributed by atoms with E-state index in [1.165, 1.54) is 6.07 Å². The van der Waals surface area contributed by atoms with E-state index in [0.29, 0.717) is 24.3 Å². The minimum absolute atomic E-state index is 0.0260. The molecule has 0 radical (unpaired) electrons. The lowest BCUT2D eigenvalue weighted by molar-refractivity contribution is -0.384. The molecule has 0 aliphatic carbocycles. The highest BCUT2D eigenvalue weighted by Gasteiger charge is 2.13. The van der Waals surface area contributed by atoms with Crippen molar-refractivity contribution in [3.05, 3.63) is 55.8 Å². The number of carbonyl (C=O) groups excluding carboxylic acids is 1. The van der Waals surface area contributed by atoms with Crippen LogP contribution in [0, 0.1) is 24.0 Å². The second-order valence-corrected chi connectivity index (χ2v) is 6.24. The van der Waals surface area contributed by atoms with Crippen LogP contribution in [0.5, 0.6) is 0 Å². The molecule has 0 saturated heterocycles. The summed E-state index contributed by atoms with van der Waals surface area (Å²) in [6, 6.07) is 8.30. The van der Waals surface area contributed by atoms with Crippen LogP contribution in [0.4, 0.5) is 11.4 Å². The number of hydrogen-bond acceptors (Lipinski definition) is 5. The van der Waals surface area contributed by atoms with E-state index in [0.717, 1.165) is 9.75 Å². The summed E-state index contributed by atoms with van der Waals surface area (Å²) < 4.78 is 0. The monoisotopic (exact) mass is 319 g/mol. The molecule has 7 heteroatoms. The summed E-state index contributed by atoms with van der Waals surface area (Å²) >= 11 is 1.59. The molecular formula is C15H17N3O3S. The van der Waals surface area contributed by atoms with Crippen LogP contribution in [0.2, 0.25) is 0 Å². The lowest BCUT2D eigenvalue weighted by Crippen LogP contribution is -2.28. The van der Waals surface area contributed by atoms with Gasteiger partial charge in [-0.1, -0.05) is 12.1 Å². The van der Waals surface area contributed by atoms with Crippen molar-refractivity contribution in [2.75, 3.05) is 18.4 Å². The fraction of sp³-hybridized carbons (Fsp3) is 0.267. The Balaban J connectivity index is 1.86. The summed E-state index contributed by atoms with van der Waals surface area (Å²) in [5.41, 5.74) is 1.16. The molecule has 1 heterocycles. The zero-order chi connectivity index (χ0) is 16.1. The third kappa shape index (κ3) is 3.82. The zero-order valence-electron chi connectivity index (χ0n) is 12.4. The minimum Gasteiger partial charge on any atom is -0.378 e. The van der Waals surface area contributed by atoms with E-state index in [1.54, 1.807) is 29.5 Å². The molecule has 0 fully saturated rings. The lowest BCUT2D eigenvalue weighted by Gasteiger charge is -2.08. The Morgan fingerprint density at radius 2 is 2.00 bits per heavy atom. The average molecular weight is 319 g/mol. The van der Waals surface area contributed by atoms with Crippen molar-refractivity contribution in [2.24, 2.45) is 0 Å².